The van der Waals surface area contributed by atoms with Crippen molar-refractivity contribution >= 4 is 5.97 Å². The van der Waals surface area contributed by atoms with E-state index in [1.165, 1.54) is 122 Å². The second-order valence-electron chi connectivity index (χ2n) is 8.36. The highest BCUT2D eigenvalue weighted by Crippen LogP contribution is 2.14. The van der Waals surface area contributed by atoms with E-state index in [1.807, 2.05) is 0 Å². The largest absolute Gasteiger partial charge is 0.478 e. The topological polar surface area (TPSA) is 37.3 Å². The first-order chi connectivity index (χ1) is 14.8. The van der Waals surface area contributed by atoms with Crippen molar-refractivity contribution in [3.63, 3.8) is 0 Å². The summed E-state index contributed by atoms with van der Waals surface area (Å²) in [7, 11) is 0. The summed E-state index contributed by atoms with van der Waals surface area (Å²) in [5.74, 6) is 10.0. The van der Waals surface area contributed by atoms with Crippen LogP contribution in [-0.4, -0.2) is 11.1 Å². The van der Waals surface area contributed by atoms with E-state index in [0.29, 0.717) is 0 Å². The third-order valence-corrected chi connectivity index (χ3v) is 5.44. The Hall–Kier alpha value is -1.67. The molecule has 0 bridgehead atoms. The van der Waals surface area contributed by atoms with Gasteiger partial charge in [0.25, 0.3) is 0 Å². The summed E-state index contributed by atoms with van der Waals surface area (Å²) in [5, 5.41) is 8.41. The normalized spacial score (nSPS) is 10.4. The van der Waals surface area contributed by atoms with Crippen LogP contribution in [0.5, 0.6) is 0 Å². The zero-order chi connectivity index (χ0) is 22.0. The van der Waals surface area contributed by atoms with Crippen molar-refractivity contribution < 1.29 is 9.90 Å². The van der Waals surface area contributed by atoms with Crippen LogP contribution in [-0.2, 0) is 4.79 Å². The van der Waals surface area contributed by atoms with E-state index in [0.717, 1.165) is 18.9 Å². The summed E-state index contributed by atoms with van der Waals surface area (Å²) < 4.78 is 0. The monoisotopic (exact) mass is 414 g/mol. The number of carboxylic acids is 1. The average molecular weight is 415 g/mol. The molecule has 0 aliphatic rings. The van der Waals surface area contributed by atoms with Crippen LogP contribution >= 0.6 is 0 Å². The predicted molar refractivity (Wildman–Crippen MR) is 130 cm³/mol. The van der Waals surface area contributed by atoms with E-state index >= 15 is 0 Å². The van der Waals surface area contributed by atoms with Gasteiger partial charge in [-0.15, -0.1) is 0 Å². The molecule has 30 heavy (non-hydrogen) atoms. The molecule has 0 fully saturated rings. The van der Waals surface area contributed by atoms with Crippen LogP contribution in [0.1, 0.15) is 135 Å². The maximum absolute atomic E-state index is 10.2. The highest BCUT2D eigenvalue weighted by molar-refractivity contribution is 5.80. The van der Waals surface area contributed by atoms with Crippen LogP contribution in [0.15, 0.2) is 12.2 Å². The third kappa shape index (κ3) is 26.3. The van der Waals surface area contributed by atoms with E-state index in [2.05, 4.69) is 30.6 Å². The minimum Gasteiger partial charge on any atom is -0.478 e. The van der Waals surface area contributed by atoms with E-state index < -0.39 is 5.97 Å². The number of carbonyl (C=O) groups is 1. The van der Waals surface area contributed by atoms with Gasteiger partial charge in [0, 0.05) is 12.5 Å². The summed E-state index contributed by atoms with van der Waals surface area (Å²) in [6, 6.07) is 0. The van der Waals surface area contributed by atoms with E-state index in [9.17, 15) is 4.79 Å². The second kappa shape index (κ2) is 25.4. The molecule has 0 aromatic heterocycles. The van der Waals surface area contributed by atoms with Crippen LogP contribution < -0.4 is 0 Å². The summed E-state index contributed by atoms with van der Waals surface area (Å²) in [4.78, 5) is 10.2. The predicted octanol–water partition coefficient (Wildman–Crippen LogP) is 8.46. The molecule has 0 rings (SSSR count). The zero-order valence-corrected chi connectivity index (χ0v) is 19.7. The second-order valence-corrected chi connectivity index (χ2v) is 8.36. The van der Waals surface area contributed by atoms with Crippen LogP contribution in [0.3, 0.4) is 0 Å². The van der Waals surface area contributed by atoms with Gasteiger partial charge in [0.05, 0.1) is 0 Å². The first kappa shape index (κ1) is 28.3. The molecule has 0 saturated carbocycles. The third-order valence-electron chi connectivity index (χ3n) is 5.44. The van der Waals surface area contributed by atoms with Crippen molar-refractivity contribution in [1.82, 2.24) is 0 Å². The fraction of sp³-hybridized carbons (Fsp3) is 0.750. The highest BCUT2D eigenvalue weighted by atomic mass is 16.4. The lowest BCUT2D eigenvalue weighted by atomic mass is 10.0. The minimum absolute atomic E-state index is 0.885. The number of hydrogen-bond donors (Lipinski definition) is 1. The summed E-state index contributed by atoms with van der Waals surface area (Å²) in [6.45, 7) is 2.29. The van der Waals surface area contributed by atoms with Gasteiger partial charge in [-0.1, -0.05) is 134 Å². The molecule has 0 aromatic rings. The Morgan fingerprint density at radius 1 is 0.633 bits per heavy atom. The molecule has 0 unspecified atom stereocenters. The fourth-order valence-corrected chi connectivity index (χ4v) is 3.59. The highest BCUT2D eigenvalue weighted by Gasteiger charge is 1.95. The average Bonchev–Trinajstić information content (AvgIpc) is 2.73. The molecule has 0 aliphatic heterocycles. The van der Waals surface area contributed by atoms with Gasteiger partial charge in [-0.25, -0.2) is 4.79 Å². The minimum atomic E-state index is -0.980. The maximum Gasteiger partial charge on any atom is 0.328 e. The van der Waals surface area contributed by atoms with Crippen molar-refractivity contribution in [2.24, 2.45) is 0 Å². The lowest BCUT2D eigenvalue weighted by Crippen LogP contribution is -1.84. The zero-order valence-electron chi connectivity index (χ0n) is 19.7. The van der Waals surface area contributed by atoms with Gasteiger partial charge in [0.1, 0.15) is 0 Å². The molecule has 2 nitrogen and oxygen atoms in total. The number of carboxylic acid groups (broad SMARTS) is 1. The summed E-state index contributed by atoms with van der Waals surface area (Å²) in [5.41, 5.74) is 0. The maximum atomic E-state index is 10.2. The molecule has 0 atom stereocenters. The van der Waals surface area contributed by atoms with Gasteiger partial charge < -0.3 is 5.11 Å². The first-order valence-corrected chi connectivity index (χ1v) is 12.6. The quantitative estimate of drug-likeness (QED) is 0.123. The molecule has 0 radical (unpaired) electrons. The molecular weight excluding hydrogens is 368 g/mol. The smallest absolute Gasteiger partial charge is 0.328 e. The standard InChI is InChI=1S/C28H46O2/c1-2-3-4-5-6-7-8-9-10-11-12-13-14-15-16-17-18-19-20-21-22-23-24-25-26-27-28(29)30/h26-27H,2-21H2,1H3,(H,29,30). The summed E-state index contributed by atoms with van der Waals surface area (Å²) in [6.07, 6.45) is 29.7. The number of hydrogen-bond acceptors (Lipinski definition) is 1. The van der Waals surface area contributed by atoms with Crippen LogP contribution in [0.4, 0.5) is 0 Å². The molecule has 2 heteroatoms. The molecule has 0 aromatic carbocycles. The number of allylic oxidation sites excluding steroid dienone is 1. The van der Waals surface area contributed by atoms with E-state index in [1.54, 1.807) is 0 Å². The van der Waals surface area contributed by atoms with Crippen molar-refractivity contribution in [2.75, 3.05) is 0 Å². The summed E-state index contributed by atoms with van der Waals surface area (Å²) >= 11 is 0. The molecule has 0 spiro atoms. The van der Waals surface area contributed by atoms with Gasteiger partial charge >= 0.3 is 5.97 Å². The van der Waals surface area contributed by atoms with Crippen molar-refractivity contribution in [3.8, 4) is 23.7 Å². The molecular formula is C28H46O2. The lowest BCUT2D eigenvalue weighted by molar-refractivity contribution is -0.131. The molecule has 0 amide bonds. The Morgan fingerprint density at radius 2 is 1.03 bits per heavy atom. The number of unbranched alkanes of at least 4 members (excludes halogenated alkanes) is 19. The Balaban J connectivity index is 3.17. The Kier molecular flexibility index (Phi) is 24.0. The van der Waals surface area contributed by atoms with Crippen molar-refractivity contribution in [1.29, 1.82) is 0 Å². The Morgan fingerprint density at radius 3 is 1.43 bits per heavy atom. The Labute approximate surface area is 187 Å². The van der Waals surface area contributed by atoms with Crippen LogP contribution in [0.25, 0.3) is 0 Å². The molecule has 1 N–H and O–H groups in total. The van der Waals surface area contributed by atoms with Gasteiger partial charge in [0.15, 0.2) is 0 Å². The van der Waals surface area contributed by atoms with Crippen LogP contribution in [0.2, 0.25) is 0 Å². The molecule has 0 aliphatic carbocycles. The van der Waals surface area contributed by atoms with Gasteiger partial charge in [-0.2, -0.15) is 0 Å². The van der Waals surface area contributed by atoms with Crippen LogP contribution in [0, 0.1) is 23.7 Å². The van der Waals surface area contributed by atoms with E-state index in [4.69, 9.17) is 5.11 Å². The lowest BCUT2D eigenvalue weighted by Gasteiger charge is -2.03. The molecule has 0 heterocycles. The van der Waals surface area contributed by atoms with Gasteiger partial charge in [-0.05, 0) is 24.3 Å². The number of aliphatic carboxylic acids is 1. The first-order valence-electron chi connectivity index (χ1n) is 12.6. The van der Waals surface area contributed by atoms with E-state index in [-0.39, 0.29) is 0 Å². The fourth-order valence-electron chi connectivity index (χ4n) is 3.59. The molecule has 170 valence electrons. The van der Waals surface area contributed by atoms with Gasteiger partial charge in [0.2, 0.25) is 0 Å². The molecule has 0 saturated heterocycles. The van der Waals surface area contributed by atoms with Gasteiger partial charge in [-0.3, -0.25) is 0 Å². The Bertz CT molecular complexity index is 524. The SMILES string of the molecule is CCCCCCCCCCCCCCCCCCCCCC#CC#CC=CC(=O)O. The van der Waals surface area contributed by atoms with Crippen molar-refractivity contribution in [3.05, 3.63) is 12.2 Å². The van der Waals surface area contributed by atoms with Crippen molar-refractivity contribution in [2.45, 2.75) is 135 Å². The number of rotatable bonds is 20.